The predicted octanol–water partition coefficient (Wildman–Crippen LogP) is 2.30. The van der Waals surface area contributed by atoms with Crippen molar-refractivity contribution in [2.45, 2.75) is 136 Å². The van der Waals surface area contributed by atoms with Gasteiger partial charge in [-0.3, -0.25) is 24.6 Å². The lowest BCUT2D eigenvalue weighted by molar-refractivity contribution is -0.593. The largest absolute Gasteiger partial charge is 0.379 e. The molecule has 2 rings (SSSR count). The van der Waals surface area contributed by atoms with E-state index in [9.17, 15) is 24.6 Å². The second-order valence-electron chi connectivity index (χ2n) is 16.8. The Labute approximate surface area is 348 Å². The van der Waals surface area contributed by atoms with Crippen molar-refractivity contribution in [3.63, 3.8) is 0 Å². The Bertz CT molecular complexity index is 1420. The van der Waals surface area contributed by atoms with Crippen LogP contribution in [-0.2, 0) is 28.6 Å². The van der Waals surface area contributed by atoms with Gasteiger partial charge in [-0.2, -0.15) is 0 Å². The first-order chi connectivity index (χ1) is 27.4. The van der Waals surface area contributed by atoms with E-state index in [4.69, 9.17) is 19.9 Å². The molecule has 1 aliphatic heterocycles. The molecule has 1 fully saturated rings. The molecule has 7 unspecified atom stereocenters. The maximum absolute atomic E-state index is 14.3. The van der Waals surface area contributed by atoms with Gasteiger partial charge in [0.05, 0.1) is 37.3 Å². The van der Waals surface area contributed by atoms with Crippen molar-refractivity contribution < 1.29 is 43.4 Å². The predicted molar refractivity (Wildman–Crippen MR) is 227 cm³/mol. The molecule has 15 nitrogen and oxygen atoms in total. The maximum Gasteiger partial charge on any atom is 0.275 e. The van der Waals surface area contributed by atoms with Gasteiger partial charge in [-0.05, 0) is 57.7 Å². The minimum absolute atomic E-state index is 0.0396. The quantitative estimate of drug-likeness (QED) is 0.0483. The topological polar surface area (TPSA) is 191 Å². The molecule has 0 aromatic heterocycles. The van der Waals surface area contributed by atoms with Crippen LogP contribution in [0.3, 0.4) is 0 Å². The lowest BCUT2D eigenvalue weighted by atomic mass is 9.92. The van der Waals surface area contributed by atoms with Gasteiger partial charge in [0, 0.05) is 38.6 Å². The van der Waals surface area contributed by atoms with Crippen LogP contribution in [-0.4, -0.2) is 152 Å². The van der Waals surface area contributed by atoms with E-state index in [1.807, 2.05) is 95.8 Å². The van der Waals surface area contributed by atoms with Gasteiger partial charge in [-0.1, -0.05) is 78.8 Å². The maximum atomic E-state index is 14.3. The van der Waals surface area contributed by atoms with Crippen LogP contribution < -0.4 is 21.7 Å². The van der Waals surface area contributed by atoms with E-state index in [2.05, 4.69) is 29.8 Å². The monoisotopic (exact) mass is 821 g/mol. The summed E-state index contributed by atoms with van der Waals surface area (Å²) in [6.45, 7) is 16.2. The standard InChI is InChI=1S/C43H77N7O8/c1-14-28(6)38(49(11)43(55)36(26(2)3)47-42(54)37(27(4)5)48(9)10)33(56-12)23-35(52)50-22-18-21-32(50)39(57-13)29(7)41(53)46-30(8)40(31-19-16-15-17-20-31)58-25-45-34(51)24-44/h15-17,19-20,26-30,32-33,36-37,39-41,43,46,53,55H,14,18,21-25,44H2,1-13H3,(H-,45,47,51,54)/p+1/b49-38+/t28-,29+,30+,32?,33?,36-,37?,39?,40?,41?,43?/m0/s1. The minimum atomic E-state index is -1.08. The number of hydrogen-bond acceptors (Lipinski definition) is 11. The van der Waals surface area contributed by atoms with E-state index in [0.717, 1.165) is 24.1 Å². The van der Waals surface area contributed by atoms with Gasteiger partial charge >= 0.3 is 0 Å². The molecule has 1 aromatic carbocycles. The van der Waals surface area contributed by atoms with Crippen LogP contribution >= 0.6 is 0 Å². The molecular weight excluding hydrogens is 743 g/mol. The van der Waals surface area contributed by atoms with Crippen molar-refractivity contribution >= 4 is 23.4 Å². The highest BCUT2D eigenvalue weighted by atomic mass is 16.5. The number of nitrogens with zero attached hydrogens (tertiary/aromatic N) is 3. The van der Waals surface area contributed by atoms with Gasteiger partial charge in [0.15, 0.2) is 5.71 Å². The first-order valence-corrected chi connectivity index (χ1v) is 21.0. The summed E-state index contributed by atoms with van der Waals surface area (Å²) in [5, 5.41) is 32.5. The highest BCUT2D eigenvalue weighted by Gasteiger charge is 2.43. The number of carbonyl (C=O) groups excluding carboxylic acids is 3. The van der Waals surface area contributed by atoms with Gasteiger partial charge in [-0.25, -0.2) is 4.58 Å². The lowest BCUT2D eigenvalue weighted by Gasteiger charge is -2.38. The molecule has 1 saturated heterocycles. The number of nitrogens with two attached hydrogens (primary N) is 1. The summed E-state index contributed by atoms with van der Waals surface area (Å²) in [7, 11) is 8.73. The molecule has 0 spiro atoms. The third-order valence-electron chi connectivity index (χ3n) is 11.7. The Morgan fingerprint density at radius 1 is 1.00 bits per heavy atom. The van der Waals surface area contributed by atoms with Crippen molar-refractivity contribution in [1.29, 1.82) is 0 Å². The Morgan fingerprint density at radius 2 is 1.64 bits per heavy atom. The van der Waals surface area contributed by atoms with E-state index < -0.39 is 42.7 Å². The fraction of sp³-hybridized carbons (Fsp3) is 0.767. The van der Waals surface area contributed by atoms with Gasteiger partial charge < -0.3 is 45.7 Å². The zero-order valence-corrected chi connectivity index (χ0v) is 37.6. The van der Waals surface area contributed by atoms with Crippen LogP contribution in [0.1, 0.15) is 92.7 Å². The fourth-order valence-electron chi connectivity index (χ4n) is 8.36. The van der Waals surface area contributed by atoms with E-state index >= 15 is 0 Å². The highest BCUT2D eigenvalue weighted by molar-refractivity contribution is 5.91. The van der Waals surface area contributed by atoms with Crippen molar-refractivity contribution in [1.82, 2.24) is 25.8 Å². The summed E-state index contributed by atoms with van der Waals surface area (Å²) < 4.78 is 20.0. The number of aliphatic hydroxyl groups excluding tert-OH is 2. The van der Waals surface area contributed by atoms with Crippen LogP contribution in [0, 0.1) is 23.7 Å². The number of rotatable bonds is 25. The lowest BCUT2D eigenvalue weighted by Crippen LogP contribution is -2.57. The Kier molecular flexibility index (Phi) is 22.0. The van der Waals surface area contributed by atoms with Crippen molar-refractivity contribution in [2.75, 3.05) is 55.2 Å². The molecule has 0 radical (unpaired) electrons. The molecule has 0 aliphatic carbocycles. The molecule has 332 valence electrons. The van der Waals surface area contributed by atoms with E-state index in [0.29, 0.717) is 13.0 Å². The first-order valence-electron chi connectivity index (χ1n) is 21.0. The summed E-state index contributed by atoms with van der Waals surface area (Å²) in [6.07, 6.45) is -1.50. The van der Waals surface area contributed by atoms with Crippen LogP contribution in [0.15, 0.2) is 30.3 Å². The number of hydrogen-bond donors (Lipinski definition) is 6. The van der Waals surface area contributed by atoms with Crippen LogP contribution in [0.2, 0.25) is 0 Å². The van der Waals surface area contributed by atoms with Gasteiger partial charge in [0.1, 0.15) is 32.2 Å². The van der Waals surface area contributed by atoms with Crippen LogP contribution in [0.5, 0.6) is 0 Å². The third kappa shape index (κ3) is 14.0. The summed E-state index contributed by atoms with van der Waals surface area (Å²) in [5.41, 5.74) is 7.08. The summed E-state index contributed by atoms with van der Waals surface area (Å²) >= 11 is 0. The molecule has 0 bridgehead atoms. The van der Waals surface area contributed by atoms with Crippen molar-refractivity contribution in [3.05, 3.63) is 35.9 Å². The smallest absolute Gasteiger partial charge is 0.275 e. The summed E-state index contributed by atoms with van der Waals surface area (Å²) in [6, 6.07) is 7.92. The van der Waals surface area contributed by atoms with Crippen molar-refractivity contribution in [2.24, 2.45) is 29.4 Å². The number of ether oxygens (including phenoxy) is 3. The SMILES string of the molecule is CC[C@H](C)/C(C(CC(=O)N1CCCC1C(OC)[C@@H](C)C(O)N[C@H](C)C(OCNC(=O)CN)c1ccccc1)OC)=[N+](/C)C(O)[C@@H](NC(=O)C(C(C)C)N(C)C)C(C)C. The molecular formula is C43H78N7O8+. The Morgan fingerprint density at radius 3 is 2.16 bits per heavy atom. The van der Waals surface area contributed by atoms with Gasteiger partial charge in [0.2, 0.25) is 17.7 Å². The number of methoxy groups -OCH3 is 2. The van der Waals surface area contributed by atoms with Crippen LogP contribution in [0.25, 0.3) is 0 Å². The second kappa shape index (κ2) is 24.9. The van der Waals surface area contributed by atoms with Gasteiger partial charge in [-0.15, -0.1) is 0 Å². The molecule has 3 amide bonds. The van der Waals surface area contributed by atoms with E-state index in [-0.39, 0.29) is 73.3 Å². The molecule has 58 heavy (non-hydrogen) atoms. The molecule has 1 aliphatic rings. The number of nitrogens with one attached hydrogen (secondary N) is 3. The van der Waals surface area contributed by atoms with Crippen LogP contribution in [0.4, 0.5) is 0 Å². The molecule has 7 N–H and O–H groups in total. The third-order valence-corrected chi connectivity index (χ3v) is 11.7. The first kappa shape index (κ1) is 51.1. The Balaban J connectivity index is 2.32. The molecule has 11 atom stereocenters. The fourth-order valence-corrected chi connectivity index (χ4v) is 8.36. The number of aliphatic hydroxyl groups is 2. The average molecular weight is 821 g/mol. The van der Waals surface area contributed by atoms with E-state index in [1.165, 1.54) is 0 Å². The van der Waals surface area contributed by atoms with E-state index in [1.54, 1.807) is 25.8 Å². The highest BCUT2D eigenvalue weighted by Crippen LogP contribution is 2.30. The zero-order valence-electron chi connectivity index (χ0n) is 37.6. The minimum Gasteiger partial charge on any atom is -0.379 e. The number of likely N-dealkylation sites (tertiary alicyclic amines) is 1. The molecule has 1 aromatic rings. The number of likely N-dealkylation sites (N-methyl/N-ethyl adjacent to an activating group) is 2. The van der Waals surface area contributed by atoms with Crippen molar-refractivity contribution in [3.8, 4) is 0 Å². The zero-order chi connectivity index (χ0) is 43.9. The molecule has 1 heterocycles. The number of amides is 3. The number of carbonyl (C=O) groups is 3. The number of benzene rings is 1. The average Bonchev–Trinajstić information content (AvgIpc) is 3.67. The Hall–Kier alpha value is -3.02. The molecule has 0 saturated carbocycles. The summed E-state index contributed by atoms with van der Waals surface area (Å²) in [5.74, 6) is -1.11. The summed E-state index contributed by atoms with van der Waals surface area (Å²) in [4.78, 5) is 43.3. The molecule has 15 heteroatoms. The normalized spacial score (nSPS) is 20.5. The van der Waals surface area contributed by atoms with Gasteiger partial charge in [0.25, 0.3) is 6.23 Å². The second-order valence-corrected chi connectivity index (χ2v) is 16.8.